The molecule has 2 aromatic rings. The molecule has 3 heteroatoms. The van der Waals surface area contributed by atoms with Gasteiger partial charge < -0.3 is 10.5 Å². The van der Waals surface area contributed by atoms with Crippen LogP contribution in [0.25, 0.3) is 0 Å². The Morgan fingerprint density at radius 3 is 2.60 bits per heavy atom. The number of nitrogens with zero attached hydrogens (tertiary/aromatic N) is 1. The molecular weight excluding hydrogens is 248 g/mol. The molecule has 2 N–H and O–H groups in total. The van der Waals surface area contributed by atoms with Crippen molar-refractivity contribution in [2.45, 2.75) is 19.3 Å². The van der Waals surface area contributed by atoms with Gasteiger partial charge in [-0.2, -0.15) is 5.26 Å². The van der Waals surface area contributed by atoms with Crippen molar-refractivity contribution < 1.29 is 4.74 Å². The van der Waals surface area contributed by atoms with Crippen molar-refractivity contribution in [3.63, 3.8) is 0 Å². The summed E-state index contributed by atoms with van der Waals surface area (Å²) in [6.07, 6.45) is 0.861. The largest absolute Gasteiger partial charge is 0.496 e. The predicted octanol–water partition coefficient (Wildman–Crippen LogP) is 3.50. The van der Waals surface area contributed by atoms with Crippen LogP contribution in [0.4, 0.5) is 5.69 Å². The number of nitrogens with two attached hydrogens (primary N) is 1. The number of ether oxygens (including phenoxy) is 1. The summed E-state index contributed by atoms with van der Waals surface area (Å²) >= 11 is 0. The van der Waals surface area contributed by atoms with E-state index in [9.17, 15) is 5.26 Å². The Labute approximate surface area is 119 Å². The molecule has 0 radical (unpaired) electrons. The Morgan fingerprint density at radius 1 is 1.25 bits per heavy atom. The summed E-state index contributed by atoms with van der Waals surface area (Å²) in [5.41, 5.74) is 9.52. The molecule has 0 heterocycles. The molecule has 2 rings (SSSR count). The summed E-state index contributed by atoms with van der Waals surface area (Å²) in [7, 11) is 1.66. The van der Waals surface area contributed by atoms with E-state index in [2.05, 4.69) is 13.0 Å². The zero-order chi connectivity index (χ0) is 14.5. The number of nitriles is 1. The lowest BCUT2D eigenvalue weighted by Crippen LogP contribution is -2.03. The molecule has 102 valence electrons. The first-order valence-corrected chi connectivity index (χ1v) is 6.62. The van der Waals surface area contributed by atoms with Gasteiger partial charge in [0.25, 0.3) is 0 Å². The van der Waals surface area contributed by atoms with E-state index in [1.54, 1.807) is 7.11 Å². The van der Waals surface area contributed by atoms with Crippen molar-refractivity contribution in [2.24, 2.45) is 0 Å². The highest BCUT2D eigenvalue weighted by Gasteiger charge is 2.17. The molecular formula is C17H18N2O. The lowest BCUT2D eigenvalue weighted by atomic mass is 9.90. The summed E-state index contributed by atoms with van der Waals surface area (Å²) in [6, 6.07) is 15.7. The average molecular weight is 266 g/mol. The molecule has 0 saturated carbocycles. The Kier molecular flexibility index (Phi) is 4.27. The molecule has 2 aromatic carbocycles. The van der Waals surface area contributed by atoms with E-state index in [0.29, 0.717) is 5.69 Å². The van der Waals surface area contributed by atoms with Crippen LogP contribution >= 0.6 is 0 Å². The van der Waals surface area contributed by atoms with Gasteiger partial charge in [-0.25, -0.2) is 0 Å². The number of hydrogen-bond acceptors (Lipinski definition) is 3. The van der Waals surface area contributed by atoms with Gasteiger partial charge in [0.1, 0.15) is 5.75 Å². The fourth-order valence-corrected chi connectivity index (χ4v) is 2.35. The minimum atomic E-state index is -0.354. The monoisotopic (exact) mass is 266 g/mol. The molecule has 0 aliphatic carbocycles. The number of anilines is 1. The molecule has 0 saturated heterocycles. The van der Waals surface area contributed by atoms with E-state index in [4.69, 9.17) is 10.5 Å². The van der Waals surface area contributed by atoms with Crippen LogP contribution in [0.1, 0.15) is 29.5 Å². The van der Waals surface area contributed by atoms with Crippen LogP contribution in [-0.2, 0) is 6.42 Å². The minimum absolute atomic E-state index is 0.354. The zero-order valence-corrected chi connectivity index (χ0v) is 11.8. The van der Waals surface area contributed by atoms with Gasteiger partial charge in [0, 0.05) is 5.69 Å². The van der Waals surface area contributed by atoms with Crippen molar-refractivity contribution in [3.05, 3.63) is 59.2 Å². The second kappa shape index (κ2) is 6.12. The van der Waals surface area contributed by atoms with Gasteiger partial charge in [0.2, 0.25) is 0 Å². The third kappa shape index (κ3) is 2.60. The molecule has 1 unspecified atom stereocenters. The normalized spacial score (nSPS) is 11.7. The first kappa shape index (κ1) is 14.0. The summed E-state index contributed by atoms with van der Waals surface area (Å²) in [5.74, 6) is 0.501. The van der Waals surface area contributed by atoms with E-state index < -0.39 is 0 Å². The lowest BCUT2D eigenvalue weighted by molar-refractivity contribution is 0.410. The fraction of sp³-hybridized carbons (Fsp3) is 0.235. The number of benzene rings is 2. The topological polar surface area (TPSA) is 59.0 Å². The second-order valence-corrected chi connectivity index (χ2v) is 4.62. The first-order chi connectivity index (χ1) is 9.71. The Hall–Kier alpha value is -2.47. The summed E-state index contributed by atoms with van der Waals surface area (Å²) in [4.78, 5) is 0. The lowest BCUT2D eigenvalue weighted by Gasteiger charge is -2.15. The van der Waals surface area contributed by atoms with Crippen LogP contribution in [0, 0.1) is 11.3 Å². The first-order valence-electron chi connectivity index (χ1n) is 6.62. The highest BCUT2D eigenvalue weighted by molar-refractivity contribution is 5.55. The highest BCUT2D eigenvalue weighted by Crippen LogP contribution is 2.31. The minimum Gasteiger partial charge on any atom is -0.496 e. The van der Waals surface area contributed by atoms with Crippen molar-refractivity contribution in [1.29, 1.82) is 5.26 Å². The summed E-state index contributed by atoms with van der Waals surface area (Å²) in [5, 5.41) is 9.51. The molecule has 0 spiro atoms. The molecule has 0 aromatic heterocycles. The van der Waals surface area contributed by atoms with Crippen molar-refractivity contribution in [1.82, 2.24) is 0 Å². The van der Waals surface area contributed by atoms with Crippen LogP contribution in [0.2, 0.25) is 0 Å². The number of aryl methyl sites for hydroxylation is 1. The number of nitrogen functional groups attached to an aromatic ring is 1. The number of methoxy groups -OCH3 is 1. The quantitative estimate of drug-likeness (QED) is 0.862. The van der Waals surface area contributed by atoms with E-state index in [-0.39, 0.29) is 5.92 Å². The van der Waals surface area contributed by atoms with E-state index in [1.807, 2.05) is 42.5 Å². The van der Waals surface area contributed by atoms with Gasteiger partial charge >= 0.3 is 0 Å². The van der Waals surface area contributed by atoms with E-state index in [1.165, 1.54) is 0 Å². The SMILES string of the molecule is CCc1cc(C(C#N)c2ccccc2N)ccc1OC. The summed E-state index contributed by atoms with van der Waals surface area (Å²) in [6.45, 7) is 2.07. The van der Waals surface area contributed by atoms with E-state index >= 15 is 0 Å². The van der Waals surface area contributed by atoms with Gasteiger partial charge in [-0.15, -0.1) is 0 Å². The Bertz CT molecular complexity index is 644. The number of rotatable bonds is 4. The molecule has 1 atom stereocenters. The van der Waals surface area contributed by atoms with Gasteiger partial charge in [-0.3, -0.25) is 0 Å². The molecule has 0 aliphatic rings. The predicted molar refractivity (Wildman–Crippen MR) is 80.7 cm³/mol. The third-order valence-electron chi connectivity index (χ3n) is 3.45. The Balaban J connectivity index is 2.48. The van der Waals surface area contributed by atoms with E-state index in [0.717, 1.165) is 28.9 Å². The van der Waals surface area contributed by atoms with Crippen LogP contribution in [0.5, 0.6) is 5.75 Å². The molecule has 3 nitrogen and oxygen atoms in total. The van der Waals surface area contributed by atoms with Crippen LogP contribution in [0.3, 0.4) is 0 Å². The molecule has 20 heavy (non-hydrogen) atoms. The van der Waals surface area contributed by atoms with Crippen molar-refractivity contribution >= 4 is 5.69 Å². The fourth-order valence-electron chi connectivity index (χ4n) is 2.35. The Morgan fingerprint density at radius 2 is 2.00 bits per heavy atom. The van der Waals surface area contributed by atoms with Gasteiger partial charge in [0.15, 0.2) is 0 Å². The maximum atomic E-state index is 9.51. The number of para-hydroxylation sites is 1. The van der Waals surface area contributed by atoms with Crippen LogP contribution in [-0.4, -0.2) is 7.11 Å². The zero-order valence-electron chi connectivity index (χ0n) is 11.8. The molecule has 0 amide bonds. The standard InChI is InChI=1S/C17H18N2O/c1-3-12-10-13(8-9-17(12)20-2)15(11-18)14-6-4-5-7-16(14)19/h4-10,15H,3,19H2,1-2H3. The molecule has 0 bridgehead atoms. The van der Waals surface area contributed by atoms with Gasteiger partial charge in [-0.1, -0.05) is 37.3 Å². The van der Waals surface area contributed by atoms with Gasteiger partial charge in [-0.05, 0) is 35.2 Å². The highest BCUT2D eigenvalue weighted by atomic mass is 16.5. The van der Waals surface area contributed by atoms with Gasteiger partial charge in [0.05, 0.1) is 19.1 Å². The third-order valence-corrected chi connectivity index (χ3v) is 3.45. The maximum Gasteiger partial charge on any atom is 0.122 e. The molecule has 0 fully saturated rings. The van der Waals surface area contributed by atoms with Crippen LogP contribution in [0.15, 0.2) is 42.5 Å². The maximum absolute atomic E-state index is 9.51. The van der Waals surface area contributed by atoms with Crippen molar-refractivity contribution in [2.75, 3.05) is 12.8 Å². The average Bonchev–Trinajstić information content (AvgIpc) is 2.49. The second-order valence-electron chi connectivity index (χ2n) is 4.62. The number of hydrogen-bond donors (Lipinski definition) is 1. The smallest absolute Gasteiger partial charge is 0.122 e. The van der Waals surface area contributed by atoms with Crippen LogP contribution < -0.4 is 10.5 Å². The van der Waals surface area contributed by atoms with Crippen molar-refractivity contribution in [3.8, 4) is 11.8 Å². The summed E-state index contributed by atoms with van der Waals surface area (Å²) < 4.78 is 5.33. The molecule has 0 aliphatic heterocycles.